The van der Waals surface area contributed by atoms with Crippen LogP contribution in [-0.4, -0.2) is 14.8 Å². The van der Waals surface area contributed by atoms with Crippen LogP contribution < -0.4 is 11.3 Å². The second-order valence-corrected chi connectivity index (χ2v) is 5.59. The largest absolute Gasteiger partial charge is 0.384 e. The van der Waals surface area contributed by atoms with E-state index in [0.717, 1.165) is 16.8 Å². The van der Waals surface area contributed by atoms with Gasteiger partial charge in [-0.3, -0.25) is 4.79 Å². The summed E-state index contributed by atoms with van der Waals surface area (Å²) in [6.07, 6.45) is 0. The highest BCUT2D eigenvalue weighted by molar-refractivity contribution is 5.79. The fourth-order valence-electron chi connectivity index (χ4n) is 2.44. The van der Waals surface area contributed by atoms with Gasteiger partial charge in [0.05, 0.1) is 17.4 Å². The number of benzene rings is 1. The summed E-state index contributed by atoms with van der Waals surface area (Å²) < 4.78 is 1.47. The minimum absolute atomic E-state index is 0.00985. The summed E-state index contributed by atoms with van der Waals surface area (Å²) in [5.74, 6) is 0.449. The normalized spacial score (nSPS) is 10.9. The van der Waals surface area contributed by atoms with Crippen LogP contribution in [0.15, 0.2) is 59.4 Å². The summed E-state index contributed by atoms with van der Waals surface area (Å²) >= 11 is 0. The Hall–Kier alpha value is -2.95. The molecule has 2 aromatic heterocycles. The maximum atomic E-state index is 11.9. The summed E-state index contributed by atoms with van der Waals surface area (Å²) in [7, 11) is 0. The van der Waals surface area contributed by atoms with Crippen molar-refractivity contribution in [3.05, 3.63) is 65.0 Å². The Morgan fingerprint density at radius 1 is 1.00 bits per heavy atom. The van der Waals surface area contributed by atoms with Crippen LogP contribution in [0.5, 0.6) is 0 Å². The lowest BCUT2D eigenvalue weighted by Crippen LogP contribution is -2.24. The van der Waals surface area contributed by atoms with E-state index in [1.807, 2.05) is 50.2 Å². The molecule has 0 amide bonds. The molecule has 0 unspecified atom stereocenters. The minimum Gasteiger partial charge on any atom is -0.384 e. The molecule has 0 atom stereocenters. The van der Waals surface area contributed by atoms with Gasteiger partial charge in [-0.15, -0.1) is 0 Å². The number of nitrogen functional groups attached to an aromatic ring is 1. The third-order valence-electron chi connectivity index (χ3n) is 3.55. The Morgan fingerprint density at radius 2 is 1.74 bits per heavy atom. The van der Waals surface area contributed by atoms with E-state index in [0.29, 0.717) is 11.5 Å². The minimum atomic E-state index is -0.117. The van der Waals surface area contributed by atoms with Crippen molar-refractivity contribution in [1.82, 2.24) is 14.8 Å². The zero-order valence-corrected chi connectivity index (χ0v) is 13.1. The zero-order chi connectivity index (χ0) is 16.4. The van der Waals surface area contributed by atoms with Crippen LogP contribution >= 0.6 is 0 Å². The summed E-state index contributed by atoms with van der Waals surface area (Å²) in [5.41, 5.74) is 9.00. The molecule has 0 saturated carbocycles. The van der Waals surface area contributed by atoms with Gasteiger partial charge in [-0.2, -0.15) is 5.10 Å². The molecule has 1 aromatic carbocycles. The first kappa shape index (κ1) is 15.0. The van der Waals surface area contributed by atoms with Crippen molar-refractivity contribution >= 4 is 5.82 Å². The van der Waals surface area contributed by atoms with E-state index in [2.05, 4.69) is 10.1 Å². The molecule has 0 aliphatic heterocycles. The average Bonchev–Trinajstić information content (AvgIpc) is 2.56. The van der Waals surface area contributed by atoms with Gasteiger partial charge in [0.2, 0.25) is 0 Å². The number of nitrogens with zero attached hydrogens (tertiary/aromatic N) is 3. The summed E-state index contributed by atoms with van der Waals surface area (Å²) in [5, 5.41) is 4.48. The molecule has 3 rings (SSSR count). The lowest BCUT2D eigenvalue weighted by Gasteiger charge is -2.13. The molecule has 0 spiro atoms. The Labute approximate surface area is 134 Å². The Balaban J connectivity index is 2.22. The quantitative estimate of drug-likeness (QED) is 0.806. The molecule has 3 aromatic rings. The second kappa shape index (κ2) is 6.04. The van der Waals surface area contributed by atoms with Crippen molar-refractivity contribution in [3.8, 4) is 22.5 Å². The maximum absolute atomic E-state index is 11.9. The number of hydrogen-bond acceptors (Lipinski definition) is 4. The smallest absolute Gasteiger partial charge is 0.267 e. The average molecular weight is 306 g/mol. The first-order chi connectivity index (χ1) is 11.1. The number of rotatable bonds is 3. The van der Waals surface area contributed by atoms with Gasteiger partial charge in [-0.25, -0.2) is 9.67 Å². The Kier molecular flexibility index (Phi) is 3.93. The zero-order valence-electron chi connectivity index (χ0n) is 13.1. The lowest BCUT2D eigenvalue weighted by molar-refractivity contribution is 0.505. The number of hydrogen-bond donors (Lipinski definition) is 1. The highest BCUT2D eigenvalue weighted by atomic mass is 16.1. The van der Waals surface area contributed by atoms with Crippen LogP contribution in [0, 0.1) is 0 Å². The lowest BCUT2D eigenvalue weighted by atomic mass is 10.0. The van der Waals surface area contributed by atoms with E-state index < -0.39 is 0 Å². The van der Waals surface area contributed by atoms with Crippen LogP contribution in [0.1, 0.15) is 19.9 Å². The predicted molar refractivity (Wildman–Crippen MR) is 92.0 cm³/mol. The number of aromatic nitrogens is 3. The molecule has 0 bridgehead atoms. The maximum Gasteiger partial charge on any atom is 0.267 e. The van der Waals surface area contributed by atoms with Crippen LogP contribution in [0.4, 0.5) is 5.82 Å². The molecular formula is C18H18N4O. The molecule has 23 heavy (non-hydrogen) atoms. The second-order valence-electron chi connectivity index (χ2n) is 5.59. The van der Waals surface area contributed by atoms with Gasteiger partial charge in [0.1, 0.15) is 5.82 Å². The van der Waals surface area contributed by atoms with E-state index in [1.54, 1.807) is 12.1 Å². The molecule has 0 aliphatic rings. The van der Waals surface area contributed by atoms with E-state index >= 15 is 0 Å². The van der Waals surface area contributed by atoms with Crippen LogP contribution in [0.3, 0.4) is 0 Å². The van der Waals surface area contributed by atoms with Crippen LogP contribution in [0.2, 0.25) is 0 Å². The van der Waals surface area contributed by atoms with Gasteiger partial charge in [0, 0.05) is 17.2 Å². The highest BCUT2D eigenvalue weighted by Crippen LogP contribution is 2.29. The number of pyridine rings is 1. The van der Waals surface area contributed by atoms with Crippen molar-refractivity contribution in [2.75, 3.05) is 5.73 Å². The standard InChI is InChI=1S/C18H18N4O/c1-12(2)22-17(23)11-9-15(21-22)14-8-10-16(19)20-18(14)13-6-4-3-5-7-13/h3-12H,1-2H3,(H2,19,20). The van der Waals surface area contributed by atoms with Crippen molar-refractivity contribution in [2.45, 2.75) is 19.9 Å². The van der Waals surface area contributed by atoms with Crippen LogP contribution in [0.25, 0.3) is 22.5 Å². The molecule has 2 N–H and O–H groups in total. The number of nitrogens with two attached hydrogens (primary N) is 1. The van der Waals surface area contributed by atoms with E-state index in [1.165, 1.54) is 10.7 Å². The van der Waals surface area contributed by atoms with Crippen molar-refractivity contribution < 1.29 is 0 Å². The molecule has 0 aliphatic carbocycles. The fourth-order valence-corrected chi connectivity index (χ4v) is 2.44. The Bertz CT molecular complexity index is 885. The number of anilines is 1. The molecule has 5 heteroatoms. The molecule has 0 radical (unpaired) electrons. The first-order valence-electron chi connectivity index (χ1n) is 7.48. The fraction of sp³-hybridized carbons (Fsp3) is 0.167. The van der Waals surface area contributed by atoms with Gasteiger partial charge < -0.3 is 5.73 Å². The van der Waals surface area contributed by atoms with E-state index in [9.17, 15) is 4.79 Å². The van der Waals surface area contributed by atoms with Gasteiger partial charge in [-0.05, 0) is 32.0 Å². The molecular weight excluding hydrogens is 288 g/mol. The Morgan fingerprint density at radius 3 is 2.43 bits per heavy atom. The third-order valence-corrected chi connectivity index (χ3v) is 3.55. The highest BCUT2D eigenvalue weighted by Gasteiger charge is 2.13. The van der Waals surface area contributed by atoms with E-state index in [4.69, 9.17) is 5.73 Å². The topological polar surface area (TPSA) is 73.8 Å². The van der Waals surface area contributed by atoms with Crippen molar-refractivity contribution in [3.63, 3.8) is 0 Å². The van der Waals surface area contributed by atoms with Gasteiger partial charge in [-0.1, -0.05) is 30.3 Å². The molecule has 5 nitrogen and oxygen atoms in total. The molecule has 2 heterocycles. The summed E-state index contributed by atoms with van der Waals surface area (Å²) in [4.78, 5) is 16.4. The van der Waals surface area contributed by atoms with Gasteiger partial charge in [0.25, 0.3) is 5.56 Å². The first-order valence-corrected chi connectivity index (χ1v) is 7.48. The summed E-state index contributed by atoms with van der Waals surface area (Å²) in [6.45, 7) is 3.86. The third kappa shape index (κ3) is 2.99. The SMILES string of the molecule is CC(C)n1nc(-c2ccc(N)nc2-c2ccccc2)ccc1=O. The van der Waals surface area contributed by atoms with Gasteiger partial charge >= 0.3 is 0 Å². The van der Waals surface area contributed by atoms with E-state index in [-0.39, 0.29) is 11.6 Å². The van der Waals surface area contributed by atoms with Gasteiger partial charge in [0.15, 0.2) is 0 Å². The predicted octanol–water partition coefficient (Wildman–Crippen LogP) is 3.14. The molecule has 116 valence electrons. The van der Waals surface area contributed by atoms with Crippen LogP contribution in [-0.2, 0) is 0 Å². The van der Waals surface area contributed by atoms with Crippen molar-refractivity contribution in [1.29, 1.82) is 0 Å². The monoisotopic (exact) mass is 306 g/mol. The molecule has 0 saturated heterocycles. The molecule has 0 fully saturated rings. The van der Waals surface area contributed by atoms with Crippen molar-refractivity contribution in [2.24, 2.45) is 0 Å². The summed E-state index contributed by atoms with van der Waals surface area (Å²) in [6, 6.07) is 16.7.